The van der Waals surface area contributed by atoms with Gasteiger partial charge in [-0.1, -0.05) is 37.1 Å². The van der Waals surface area contributed by atoms with Crippen LogP contribution in [0.2, 0.25) is 5.02 Å². The molecule has 0 atom stereocenters. The summed E-state index contributed by atoms with van der Waals surface area (Å²) in [6, 6.07) is 7.27. The summed E-state index contributed by atoms with van der Waals surface area (Å²) in [6.45, 7) is 3.98. The van der Waals surface area contributed by atoms with Crippen molar-refractivity contribution >= 4 is 35.6 Å². The van der Waals surface area contributed by atoms with Gasteiger partial charge >= 0.3 is 0 Å². The first-order valence-electron chi connectivity index (χ1n) is 6.36. The van der Waals surface area contributed by atoms with Crippen LogP contribution in [0.25, 0.3) is 0 Å². The molecule has 1 N–H and O–H groups in total. The fraction of sp³-hybridized carbons (Fsp3) is 0.500. The SMILES string of the molecule is CCCCN(C)CCC(=O)Nc1ccccc1Cl.Cl. The maximum absolute atomic E-state index is 11.7. The predicted molar refractivity (Wildman–Crippen MR) is 84.4 cm³/mol. The van der Waals surface area contributed by atoms with Crippen molar-refractivity contribution in [1.29, 1.82) is 0 Å². The summed E-state index contributed by atoms with van der Waals surface area (Å²) in [5, 5.41) is 3.40. The number of amides is 1. The Kier molecular flexibility index (Phi) is 9.66. The van der Waals surface area contributed by atoms with E-state index in [9.17, 15) is 4.79 Å². The van der Waals surface area contributed by atoms with Crippen LogP contribution in [0, 0.1) is 0 Å². The van der Waals surface area contributed by atoms with Gasteiger partial charge in [0, 0.05) is 13.0 Å². The molecule has 0 saturated carbocycles. The first-order valence-corrected chi connectivity index (χ1v) is 6.74. The maximum Gasteiger partial charge on any atom is 0.225 e. The van der Waals surface area contributed by atoms with Crippen LogP contribution in [-0.4, -0.2) is 30.9 Å². The van der Waals surface area contributed by atoms with E-state index in [0.717, 1.165) is 13.1 Å². The number of para-hydroxylation sites is 1. The van der Waals surface area contributed by atoms with Crippen LogP contribution in [0.5, 0.6) is 0 Å². The molecule has 0 aliphatic heterocycles. The molecular weight excluding hydrogens is 283 g/mol. The molecule has 1 aromatic rings. The standard InChI is InChI=1S/C14H21ClN2O.ClH/c1-3-4-10-17(2)11-9-14(18)16-13-8-6-5-7-12(13)15;/h5-8H,3-4,9-11H2,1-2H3,(H,16,18);1H. The van der Waals surface area contributed by atoms with Crippen LogP contribution in [0.3, 0.4) is 0 Å². The first-order chi connectivity index (χ1) is 8.63. The number of anilines is 1. The van der Waals surface area contributed by atoms with E-state index in [4.69, 9.17) is 11.6 Å². The molecule has 0 unspecified atom stereocenters. The van der Waals surface area contributed by atoms with Crippen LogP contribution in [-0.2, 0) is 4.79 Å². The molecule has 1 amide bonds. The third kappa shape index (κ3) is 7.41. The van der Waals surface area contributed by atoms with Crippen molar-refractivity contribution in [3.8, 4) is 0 Å². The average Bonchev–Trinajstić information content (AvgIpc) is 2.36. The topological polar surface area (TPSA) is 32.3 Å². The Morgan fingerprint density at radius 3 is 2.63 bits per heavy atom. The van der Waals surface area contributed by atoms with Gasteiger partial charge in [-0.25, -0.2) is 0 Å². The number of rotatable bonds is 7. The second-order valence-electron chi connectivity index (χ2n) is 4.43. The molecule has 0 bridgehead atoms. The van der Waals surface area contributed by atoms with Gasteiger partial charge in [0.25, 0.3) is 0 Å². The van der Waals surface area contributed by atoms with Gasteiger partial charge in [-0.2, -0.15) is 0 Å². The van der Waals surface area contributed by atoms with E-state index >= 15 is 0 Å². The number of halogens is 2. The quantitative estimate of drug-likeness (QED) is 0.830. The summed E-state index contributed by atoms with van der Waals surface area (Å²) in [5.74, 6) is 0.00597. The zero-order valence-corrected chi connectivity index (χ0v) is 13.1. The largest absolute Gasteiger partial charge is 0.325 e. The molecule has 0 aromatic heterocycles. The molecule has 0 radical (unpaired) electrons. The highest BCUT2D eigenvalue weighted by Crippen LogP contribution is 2.20. The zero-order chi connectivity index (χ0) is 13.4. The Morgan fingerprint density at radius 1 is 1.32 bits per heavy atom. The Labute approximate surface area is 126 Å². The van der Waals surface area contributed by atoms with E-state index in [1.807, 2.05) is 19.2 Å². The third-order valence-corrected chi connectivity index (χ3v) is 3.09. The fourth-order valence-corrected chi connectivity index (χ4v) is 1.79. The minimum atomic E-state index is 0. The average molecular weight is 305 g/mol. The van der Waals surface area contributed by atoms with Crippen molar-refractivity contribution < 1.29 is 4.79 Å². The van der Waals surface area contributed by atoms with Gasteiger partial charge < -0.3 is 10.2 Å². The lowest BCUT2D eigenvalue weighted by molar-refractivity contribution is -0.116. The van der Waals surface area contributed by atoms with Gasteiger partial charge in [0.05, 0.1) is 10.7 Å². The van der Waals surface area contributed by atoms with Gasteiger partial charge in [-0.15, -0.1) is 12.4 Å². The van der Waals surface area contributed by atoms with Crippen molar-refractivity contribution in [2.45, 2.75) is 26.2 Å². The van der Waals surface area contributed by atoms with Crippen molar-refractivity contribution in [3.63, 3.8) is 0 Å². The van der Waals surface area contributed by atoms with Gasteiger partial charge in [0.2, 0.25) is 5.91 Å². The normalized spacial score (nSPS) is 10.1. The Bertz CT molecular complexity index is 385. The van der Waals surface area contributed by atoms with Crippen LogP contribution in [0.4, 0.5) is 5.69 Å². The molecule has 0 heterocycles. The summed E-state index contributed by atoms with van der Waals surface area (Å²) in [6.07, 6.45) is 2.84. The fourth-order valence-electron chi connectivity index (χ4n) is 1.61. The highest BCUT2D eigenvalue weighted by atomic mass is 35.5. The van der Waals surface area contributed by atoms with Gasteiger partial charge in [-0.05, 0) is 32.1 Å². The second-order valence-corrected chi connectivity index (χ2v) is 4.84. The molecule has 0 saturated heterocycles. The van der Waals surface area contributed by atoms with Gasteiger partial charge in [0.1, 0.15) is 0 Å². The number of nitrogens with one attached hydrogen (secondary N) is 1. The van der Waals surface area contributed by atoms with E-state index in [1.54, 1.807) is 12.1 Å². The Hall–Kier alpha value is -0.770. The molecule has 108 valence electrons. The van der Waals surface area contributed by atoms with Gasteiger partial charge in [0.15, 0.2) is 0 Å². The number of unbranched alkanes of at least 4 members (excludes halogenated alkanes) is 1. The number of nitrogens with zero attached hydrogens (tertiary/aromatic N) is 1. The number of carbonyl (C=O) groups is 1. The summed E-state index contributed by atoms with van der Waals surface area (Å²) < 4.78 is 0. The molecule has 0 aliphatic carbocycles. The van der Waals surface area contributed by atoms with E-state index in [-0.39, 0.29) is 18.3 Å². The highest BCUT2D eigenvalue weighted by Gasteiger charge is 2.06. The van der Waals surface area contributed by atoms with Crippen LogP contribution >= 0.6 is 24.0 Å². The number of hydrogen-bond acceptors (Lipinski definition) is 2. The highest BCUT2D eigenvalue weighted by molar-refractivity contribution is 6.33. The van der Waals surface area contributed by atoms with Gasteiger partial charge in [-0.3, -0.25) is 4.79 Å². The molecular formula is C14H22Cl2N2O. The molecule has 0 fully saturated rings. The Balaban J connectivity index is 0.00000324. The predicted octanol–water partition coefficient (Wildman–Crippen LogP) is 3.82. The molecule has 3 nitrogen and oxygen atoms in total. The summed E-state index contributed by atoms with van der Waals surface area (Å²) in [4.78, 5) is 13.9. The van der Waals surface area contributed by atoms with E-state index in [1.165, 1.54) is 12.8 Å². The molecule has 0 spiro atoms. The lowest BCUT2D eigenvalue weighted by atomic mass is 10.3. The third-order valence-electron chi connectivity index (χ3n) is 2.76. The van der Waals surface area contributed by atoms with E-state index in [0.29, 0.717) is 17.1 Å². The lowest BCUT2D eigenvalue weighted by Gasteiger charge is -2.15. The number of benzene rings is 1. The minimum Gasteiger partial charge on any atom is -0.325 e. The number of carbonyl (C=O) groups excluding carboxylic acids is 1. The second kappa shape index (κ2) is 10.1. The molecule has 1 rings (SSSR count). The zero-order valence-electron chi connectivity index (χ0n) is 11.5. The molecule has 1 aromatic carbocycles. The number of hydrogen-bond donors (Lipinski definition) is 1. The first kappa shape index (κ1) is 18.2. The van der Waals surface area contributed by atoms with E-state index < -0.39 is 0 Å². The molecule has 5 heteroatoms. The smallest absolute Gasteiger partial charge is 0.225 e. The summed E-state index contributed by atoms with van der Waals surface area (Å²) in [7, 11) is 2.04. The van der Waals surface area contributed by atoms with Crippen LogP contribution in [0.1, 0.15) is 26.2 Å². The van der Waals surface area contributed by atoms with Crippen LogP contribution in [0.15, 0.2) is 24.3 Å². The summed E-state index contributed by atoms with van der Waals surface area (Å²) in [5.41, 5.74) is 0.681. The van der Waals surface area contributed by atoms with Crippen molar-refractivity contribution in [1.82, 2.24) is 4.90 Å². The monoisotopic (exact) mass is 304 g/mol. The maximum atomic E-state index is 11.7. The molecule has 0 aliphatic rings. The summed E-state index contributed by atoms with van der Waals surface area (Å²) >= 11 is 5.97. The van der Waals surface area contributed by atoms with Crippen LogP contribution < -0.4 is 5.32 Å². The van der Waals surface area contributed by atoms with Crippen molar-refractivity contribution in [2.75, 3.05) is 25.5 Å². The van der Waals surface area contributed by atoms with Crippen molar-refractivity contribution in [2.24, 2.45) is 0 Å². The minimum absolute atomic E-state index is 0. The molecule has 19 heavy (non-hydrogen) atoms. The van der Waals surface area contributed by atoms with Crippen molar-refractivity contribution in [3.05, 3.63) is 29.3 Å². The lowest BCUT2D eigenvalue weighted by Crippen LogP contribution is -2.25. The van der Waals surface area contributed by atoms with E-state index in [2.05, 4.69) is 17.1 Å². The Morgan fingerprint density at radius 2 is 2.00 bits per heavy atom.